The molecule has 23 heavy (non-hydrogen) atoms. The Kier molecular flexibility index (Phi) is 4.53. The highest BCUT2D eigenvalue weighted by Gasteiger charge is 2.10. The summed E-state index contributed by atoms with van der Waals surface area (Å²) in [5.41, 5.74) is 5.02. The molecule has 3 rings (SSSR count). The molecule has 4 heteroatoms. The number of aryl methyl sites for hydroxylation is 1. The van der Waals surface area contributed by atoms with Gasteiger partial charge in [0, 0.05) is 16.6 Å². The summed E-state index contributed by atoms with van der Waals surface area (Å²) in [6, 6.07) is 15.9. The Morgan fingerprint density at radius 3 is 2.65 bits per heavy atom. The minimum absolute atomic E-state index is 0.0383. The van der Waals surface area contributed by atoms with Crippen molar-refractivity contribution in [2.45, 2.75) is 20.3 Å². The highest BCUT2D eigenvalue weighted by Crippen LogP contribution is 2.24. The van der Waals surface area contributed by atoms with E-state index in [2.05, 4.69) is 10.3 Å². The van der Waals surface area contributed by atoms with Gasteiger partial charge in [-0.25, -0.2) is 4.98 Å². The van der Waals surface area contributed by atoms with E-state index >= 15 is 0 Å². The fourth-order valence-corrected chi connectivity index (χ4v) is 3.17. The van der Waals surface area contributed by atoms with Crippen molar-refractivity contribution in [2.75, 3.05) is 5.32 Å². The third-order valence-electron chi connectivity index (χ3n) is 3.79. The van der Waals surface area contributed by atoms with Gasteiger partial charge < -0.3 is 5.32 Å². The quantitative estimate of drug-likeness (QED) is 0.762. The molecular formula is C19H18N2OS. The first-order chi connectivity index (χ1) is 11.1. The summed E-state index contributed by atoms with van der Waals surface area (Å²) in [5, 5.41) is 5.87. The number of rotatable bonds is 4. The number of hydrogen-bond acceptors (Lipinski definition) is 3. The van der Waals surface area contributed by atoms with Gasteiger partial charge in [-0.1, -0.05) is 42.5 Å². The first kappa shape index (κ1) is 15.4. The molecule has 3 aromatic rings. The van der Waals surface area contributed by atoms with E-state index in [0.717, 1.165) is 27.5 Å². The zero-order valence-corrected chi connectivity index (χ0v) is 14.0. The number of amides is 1. The van der Waals surface area contributed by atoms with Crippen molar-refractivity contribution in [1.29, 1.82) is 0 Å². The van der Waals surface area contributed by atoms with Crippen LogP contribution in [-0.4, -0.2) is 10.9 Å². The highest BCUT2D eigenvalue weighted by molar-refractivity contribution is 7.13. The summed E-state index contributed by atoms with van der Waals surface area (Å²) in [7, 11) is 0. The summed E-state index contributed by atoms with van der Waals surface area (Å²) < 4.78 is 0. The van der Waals surface area contributed by atoms with Gasteiger partial charge in [-0.15, -0.1) is 11.3 Å². The molecule has 0 saturated carbocycles. The number of anilines is 1. The van der Waals surface area contributed by atoms with Gasteiger partial charge in [0.2, 0.25) is 5.91 Å². The van der Waals surface area contributed by atoms with E-state index in [-0.39, 0.29) is 12.3 Å². The van der Waals surface area contributed by atoms with Crippen molar-refractivity contribution in [3.05, 3.63) is 70.7 Å². The van der Waals surface area contributed by atoms with Crippen molar-refractivity contribution in [3.63, 3.8) is 0 Å². The van der Waals surface area contributed by atoms with Gasteiger partial charge in [-0.3, -0.25) is 4.79 Å². The largest absolute Gasteiger partial charge is 0.325 e. The summed E-state index contributed by atoms with van der Waals surface area (Å²) in [4.78, 5) is 16.8. The number of thiazole rings is 1. The van der Waals surface area contributed by atoms with Crippen LogP contribution in [0.2, 0.25) is 0 Å². The summed E-state index contributed by atoms with van der Waals surface area (Å²) in [6.07, 6.45) is 0.288. The third kappa shape index (κ3) is 3.66. The Morgan fingerprint density at radius 2 is 1.87 bits per heavy atom. The molecule has 1 aromatic heterocycles. The molecule has 0 aliphatic rings. The van der Waals surface area contributed by atoms with Gasteiger partial charge in [0.1, 0.15) is 5.01 Å². The highest BCUT2D eigenvalue weighted by atomic mass is 32.1. The van der Waals surface area contributed by atoms with Gasteiger partial charge in [-0.05, 0) is 31.0 Å². The number of carbonyl (C=O) groups is 1. The maximum atomic E-state index is 12.2. The van der Waals surface area contributed by atoms with Crippen molar-refractivity contribution >= 4 is 22.9 Å². The molecule has 0 unspecified atom stereocenters. The lowest BCUT2D eigenvalue weighted by Gasteiger charge is -2.09. The zero-order valence-electron chi connectivity index (χ0n) is 13.2. The Balaban J connectivity index is 1.69. The first-order valence-corrected chi connectivity index (χ1v) is 8.37. The van der Waals surface area contributed by atoms with Crippen molar-refractivity contribution < 1.29 is 4.79 Å². The van der Waals surface area contributed by atoms with Crippen LogP contribution < -0.4 is 5.32 Å². The van der Waals surface area contributed by atoms with E-state index in [1.165, 1.54) is 5.56 Å². The number of carbonyl (C=O) groups excluding carboxylic acids is 1. The van der Waals surface area contributed by atoms with Crippen LogP contribution in [0.15, 0.2) is 53.9 Å². The smallest absolute Gasteiger partial charge is 0.230 e. The maximum absolute atomic E-state index is 12.2. The second-order valence-corrected chi connectivity index (χ2v) is 6.34. The van der Waals surface area contributed by atoms with E-state index in [9.17, 15) is 4.79 Å². The minimum atomic E-state index is -0.0383. The Labute approximate surface area is 140 Å². The van der Waals surface area contributed by atoms with Crippen molar-refractivity contribution in [2.24, 2.45) is 0 Å². The van der Waals surface area contributed by atoms with Crippen LogP contribution in [0, 0.1) is 13.8 Å². The van der Waals surface area contributed by atoms with E-state index in [0.29, 0.717) is 0 Å². The average Bonchev–Trinajstić information content (AvgIpc) is 3.01. The molecule has 2 aromatic carbocycles. The zero-order chi connectivity index (χ0) is 16.2. The molecule has 1 N–H and O–H groups in total. The van der Waals surface area contributed by atoms with Crippen LogP contribution >= 0.6 is 11.3 Å². The van der Waals surface area contributed by atoms with Crippen molar-refractivity contribution in [1.82, 2.24) is 4.98 Å². The molecule has 0 fully saturated rings. The van der Waals surface area contributed by atoms with Crippen LogP contribution in [-0.2, 0) is 11.2 Å². The second kappa shape index (κ2) is 6.75. The lowest BCUT2D eigenvalue weighted by atomic mass is 10.1. The molecule has 0 radical (unpaired) electrons. The Bertz CT molecular complexity index is 824. The summed E-state index contributed by atoms with van der Waals surface area (Å²) in [6.45, 7) is 4.05. The number of hydrogen-bond donors (Lipinski definition) is 1. The fourth-order valence-electron chi connectivity index (χ4n) is 2.35. The Morgan fingerprint density at radius 1 is 1.09 bits per heavy atom. The van der Waals surface area contributed by atoms with Gasteiger partial charge in [0.25, 0.3) is 0 Å². The van der Waals surface area contributed by atoms with Gasteiger partial charge in [-0.2, -0.15) is 0 Å². The number of nitrogens with zero attached hydrogens (tertiary/aromatic N) is 1. The van der Waals surface area contributed by atoms with Crippen LogP contribution in [0.5, 0.6) is 0 Å². The SMILES string of the molecule is Cc1cccc(NC(=O)Cc2csc(-c3ccccc3)n2)c1C. The minimum Gasteiger partial charge on any atom is -0.325 e. The molecule has 0 saturated heterocycles. The molecule has 0 atom stereocenters. The molecule has 0 spiro atoms. The molecule has 116 valence electrons. The van der Waals surface area contributed by atoms with Crippen LogP contribution in [0.25, 0.3) is 10.6 Å². The summed E-state index contributed by atoms with van der Waals surface area (Å²) in [5.74, 6) is -0.0383. The van der Waals surface area contributed by atoms with Crippen LogP contribution in [0.4, 0.5) is 5.69 Å². The predicted molar refractivity (Wildman–Crippen MR) is 95.8 cm³/mol. The number of aromatic nitrogens is 1. The number of benzene rings is 2. The number of nitrogens with one attached hydrogen (secondary N) is 1. The predicted octanol–water partition coefficient (Wildman–Crippen LogP) is 4.61. The molecule has 0 aliphatic carbocycles. The van der Waals surface area contributed by atoms with Gasteiger partial charge in [0.15, 0.2) is 0 Å². The lowest BCUT2D eigenvalue weighted by Crippen LogP contribution is -2.15. The molecular weight excluding hydrogens is 304 g/mol. The van der Waals surface area contributed by atoms with Gasteiger partial charge in [0.05, 0.1) is 12.1 Å². The monoisotopic (exact) mass is 322 g/mol. The molecule has 0 aliphatic heterocycles. The lowest BCUT2D eigenvalue weighted by molar-refractivity contribution is -0.115. The molecule has 1 heterocycles. The van der Waals surface area contributed by atoms with Crippen molar-refractivity contribution in [3.8, 4) is 10.6 Å². The topological polar surface area (TPSA) is 42.0 Å². The normalized spacial score (nSPS) is 10.5. The van der Waals surface area contributed by atoms with Crippen LogP contribution in [0.1, 0.15) is 16.8 Å². The standard InChI is InChI=1S/C19H18N2OS/c1-13-7-6-10-17(14(13)2)21-18(22)11-16-12-23-19(20-16)15-8-4-3-5-9-15/h3-10,12H,11H2,1-2H3,(H,21,22). The van der Waals surface area contributed by atoms with E-state index in [4.69, 9.17) is 0 Å². The fraction of sp³-hybridized carbons (Fsp3) is 0.158. The third-order valence-corrected chi connectivity index (χ3v) is 4.73. The van der Waals surface area contributed by atoms with Gasteiger partial charge >= 0.3 is 0 Å². The molecule has 3 nitrogen and oxygen atoms in total. The average molecular weight is 322 g/mol. The summed E-state index contributed by atoms with van der Waals surface area (Å²) >= 11 is 1.57. The molecule has 1 amide bonds. The van der Waals surface area contributed by atoms with Crippen LogP contribution in [0.3, 0.4) is 0 Å². The first-order valence-electron chi connectivity index (χ1n) is 7.49. The molecule has 0 bridgehead atoms. The van der Waals surface area contributed by atoms with E-state index in [1.807, 2.05) is 67.8 Å². The van der Waals surface area contributed by atoms with E-state index in [1.54, 1.807) is 11.3 Å². The Hall–Kier alpha value is -2.46. The maximum Gasteiger partial charge on any atom is 0.230 e. The van der Waals surface area contributed by atoms with E-state index < -0.39 is 0 Å². The second-order valence-electron chi connectivity index (χ2n) is 5.48.